The molecule has 7 nitrogen and oxygen atoms in total. The van der Waals surface area contributed by atoms with Crippen molar-refractivity contribution in [1.82, 2.24) is 14.9 Å². The molecule has 5 rings (SSSR count). The van der Waals surface area contributed by atoms with Gasteiger partial charge in [0.1, 0.15) is 36.9 Å². The average Bonchev–Trinajstić information content (AvgIpc) is 2.93. The third kappa shape index (κ3) is 6.96. The van der Waals surface area contributed by atoms with E-state index in [0.717, 1.165) is 47.4 Å². The van der Waals surface area contributed by atoms with Gasteiger partial charge in [-0.1, -0.05) is 41.4 Å². The Bertz CT molecular complexity index is 1410. The Morgan fingerprint density at radius 3 is 2.76 bits per heavy atom. The van der Waals surface area contributed by atoms with Crippen LogP contribution >= 0.6 is 11.6 Å². The number of ether oxygens (including phenoxy) is 1. The number of anilines is 2. The zero-order valence-corrected chi connectivity index (χ0v) is 21.7. The Kier molecular flexibility index (Phi) is 8.63. The Morgan fingerprint density at radius 2 is 1.92 bits per heavy atom. The van der Waals surface area contributed by atoms with Gasteiger partial charge in [-0.25, -0.2) is 14.4 Å². The van der Waals surface area contributed by atoms with E-state index in [1.807, 2.05) is 24.3 Å². The van der Waals surface area contributed by atoms with E-state index in [4.69, 9.17) is 21.2 Å². The van der Waals surface area contributed by atoms with E-state index in [-0.39, 0.29) is 12.4 Å². The summed E-state index contributed by atoms with van der Waals surface area (Å²) in [6.45, 7) is 3.97. The molecule has 4 aromatic rings. The fraction of sp³-hybridized carbons (Fsp3) is 0.276. The zero-order chi connectivity index (χ0) is 26.2. The van der Waals surface area contributed by atoms with E-state index in [1.165, 1.54) is 37.7 Å². The number of likely N-dealkylation sites (tertiary alicyclic amines) is 1. The molecule has 3 aromatic carbocycles. The number of fused-ring (bicyclic) bond motifs is 1. The van der Waals surface area contributed by atoms with Gasteiger partial charge in [0.05, 0.1) is 16.8 Å². The largest absolute Gasteiger partial charge is 0.487 e. The van der Waals surface area contributed by atoms with Gasteiger partial charge in [0.25, 0.3) is 0 Å². The van der Waals surface area contributed by atoms with Crippen LogP contribution in [0.2, 0.25) is 5.02 Å². The van der Waals surface area contributed by atoms with Crippen LogP contribution < -0.4 is 10.1 Å². The lowest BCUT2D eigenvalue weighted by molar-refractivity contribution is 0.103. The maximum absolute atomic E-state index is 13.4. The van der Waals surface area contributed by atoms with Gasteiger partial charge in [-0.15, -0.1) is 0 Å². The van der Waals surface area contributed by atoms with E-state index < -0.39 is 0 Å². The smallest absolute Gasteiger partial charge is 0.141 e. The molecule has 1 aliphatic rings. The fourth-order valence-electron chi connectivity index (χ4n) is 4.38. The van der Waals surface area contributed by atoms with Gasteiger partial charge in [0.2, 0.25) is 0 Å². The summed E-state index contributed by atoms with van der Waals surface area (Å²) in [4.78, 5) is 16.7. The number of halogens is 2. The molecule has 0 unspecified atom stereocenters. The van der Waals surface area contributed by atoms with Crippen molar-refractivity contribution in [3.63, 3.8) is 0 Å². The number of oxime groups is 1. The van der Waals surface area contributed by atoms with Crippen molar-refractivity contribution in [1.29, 1.82) is 0 Å². The third-order valence-electron chi connectivity index (χ3n) is 6.36. The maximum atomic E-state index is 13.4. The van der Waals surface area contributed by atoms with Gasteiger partial charge in [0, 0.05) is 17.6 Å². The van der Waals surface area contributed by atoms with Gasteiger partial charge in [-0.05, 0) is 79.5 Å². The number of piperidine rings is 1. The summed E-state index contributed by atoms with van der Waals surface area (Å²) >= 11 is 6.46. The van der Waals surface area contributed by atoms with Gasteiger partial charge in [0.15, 0.2) is 0 Å². The molecule has 2 heterocycles. The summed E-state index contributed by atoms with van der Waals surface area (Å²) in [5, 5.41) is 8.73. The lowest BCUT2D eigenvalue weighted by atomic mass is 10.1. The Hall–Kier alpha value is -3.75. The van der Waals surface area contributed by atoms with E-state index in [2.05, 4.69) is 25.3 Å². The first-order valence-electron chi connectivity index (χ1n) is 12.7. The van der Waals surface area contributed by atoms with Crippen molar-refractivity contribution in [2.75, 3.05) is 31.6 Å². The number of nitrogens with one attached hydrogen (secondary N) is 1. The molecule has 1 aromatic heterocycles. The van der Waals surface area contributed by atoms with Crippen LogP contribution in [0.3, 0.4) is 0 Å². The summed E-state index contributed by atoms with van der Waals surface area (Å²) in [6.07, 6.45) is 7.07. The first kappa shape index (κ1) is 25.9. The van der Waals surface area contributed by atoms with Gasteiger partial charge in [-0.2, -0.15) is 0 Å². The summed E-state index contributed by atoms with van der Waals surface area (Å²) in [7, 11) is 0. The maximum Gasteiger partial charge on any atom is 0.141 e. The number of benzene rings is 3. The quantitative estimate of drug-likeness (QED) is 0.141. The highest BCUT2D eigenvalue weighted by molar-refractivity contribution is 6.32. The molecule has 1 aliphatic heterocycles. The standard InChI is InChI=1S/C29H29ClFN5O2/c30-26-17-24(8-10-28(26)37-19-22-5-4-6-23(31)15-22)35-29-25-16-21(7-9-27(25)32-20-33-29)18-34-38-14-13-36-11-2-1-3-12-36/h4-10,15-18,20H,1-3,11-14,19H2,(H,32,33,35). The SMILES string of the molecule is Fc1cccc(COc2ccc(Nc3ncnc4ccc(C=NOCCN5CCCCC5)cc34)cc2Cl)c1. The lowest BCUT2D eigenvalue weighted by Crippen LogP contribution is -2.32. The molecule has 0 radical (unpaired) electrons. The van der Waals surface area contributed by atoms with E-state index in [1.54, 1.807) is 30.5 Å². The van der Waals surface area contributed by atoms with Crippen LogP contribution in [-0.2, 0) is 11.4 Å². The van der Waals surface area contributed by atoms with Crippen LogP contribution in [0, 0.1) is 5.82 Å². The van der Waals surface area contributed by atoms with Gasteiger partial charge in [-0.3, -0.25) is 4.90 Å². The van der Waals surface area contributed by atoms with Crippen molar-refractivity contribution in [2.24, 2.45) is 5.16 Å². The summed E-state index contributed by atoms with van der Waals surface area (Å²) in [5.41, 5.74) is 3.15. The number of rotatable bonds is 10. The highest BCUT2D eigenvalue weighted by Gasteiger charge is 2.10. The zero-order valence-electron chi connectivity index (χ0n) is 20.9. The summed E-state index contributed by atoms with van der Waals surface area (Å²) in [6, 6.07) is 17.5. The average molecular weight is 534 g/mol. The lowest BCUT2D eigenvalue weighted by Gasteiger charge is -2.25. The molecular formula is C29H29ClFN5O2. The highest BCUT2D eigenvalue weighted by atomic mass is 35.5. The van der Waals surface area contributed by atoms with E-state index in [0.29, 0.717) is 23.2 Å². The molecule has 1 fully saturated rings. The van der Waals surface area contributed by atoms with Gasteiger partial charge >= 0.3 is 0 Å². The summed E-state index contributed by atoms with van der Waals surface area (Å²) in [5.74, 6) is 0.845. The molecule has 38 heavy (non-hydrogen) atoms. The number of hydrogen-bond acceptors (Lipinski definition) is 7. The van der Waals surface area contributed by atoms with E-state index >= 15 is 0 Å². The molecule has 0 bridgehead atoms. The highest BCUT2D eigenvalue weighted by Crippen LogP contribution is 2.31. The Labute approximate surface area is 226 Å². The first-order chi connectivity index (χ1) is 18.6. The molecule has 0 saturated carbocycles. The van der Waals surface area contributed by atoms with Crippen LogP contribution in [0.5, 0.6) is 5.75 Å². The second-order valence-corrected chi connectivity index (χ2v) is 9.56. The van der Waals surface area contributed by atoms with Crippen LogP contribution in [0.4, 0.5) is 15.9 Å². The monoisotopic (exact) mass is 533 g/mol. The predicted octanol–water partition coefficient (Wildman–Crippen LogP) is 6.58. The van der Waals surface area contributed by atoms with Crippen molar-refractivity contribution in [3.8, 4) is 5.75 Å². The number of aromatic nitrogens is 2. The third-order valence-corrected chi connectivity index (χ3v) is 6.66. The predicted molar refractivity (Wildman–Crippen MR) is 149 cm³/mol. The van der Waals surface area contributed by atoms with Crippen LogP contribution in [0.25, 0.3) is 10.9 Å². The van der Waals surface area contributed by atoms with Crippen molar-refractivity contribution in [3.05, 3.63) is 89.0 Å². The molecule has 1 N–H and O–H groups in total. The summed E-state index contributed by atoms with van der Waals surface area (Å²) < 4.78 is 19.2. The molecule has 9 heteroatoms. The number of hydrogen-bond donors (Lipinski definition) is 1. The Balaban J connectivity index is 1.22. The van der Waals surface area contributed by atoms with Crippen molar-refractivity contribution in [2.45, 2.75) is 25.9 Å². The minimum absolute atomic E-state index is 0.215. The van der Waals surface area contributed by atoms with Crippen molar-refractivity contribution < 1.29 is 14.0 Å². The molecule has 0 spiro atoms. The van der Waals surface area contributed by atoms with Crippen molar-refractivity contribution >= 4 is 40.2 Å². The molecular weight excluding hydrogens is 505 g/mol. The molecule has 1 saturated heterocycles. The van der Waals surface area contributed by atoms with Gasteiger partial charge < -0.3 is 14.9 Å². The molecule has 0 atom stereocenters. The molecule has 196 valence electrons. The van der Waals surface area contributed by atoms with Crippen LogP contribution in [0.15, 0.2) is 72.1 Å². The van der Waals surface area contributed by atoms with Crippen LogP contribution in [0.1, 0.15) is 30.4 Å². The fourth-order valence-corrected chi connectivity index (χ4v) is 4.61. The second kappa shape index (κ2) is 12.7. The molecule has 0 amide bonds. The topological polar surface area (TPSA) is 71.9 Å². The second-order valence-electron chi connectivity index (χ2n) is 9.16. The minimum Gasteiger partial charge on any atom is -0.487 e. The molecule has 0 aliphatic carbocycles. The van der Waals surface area contributed by atoms with Crippen LogP contribution in [-0.4, -0.2) is 47.3 Å². The first-order valence-corrected chi connectivity index (χ1v) is 13.1. The number of nitrogens with zero attached hydrogens (tertiary/aromatic N) is 4. The van der Waals surface area contributed by atoms with E-state index in [9.17, 15) is 4.39 Å². The Morgan fingerprint density at radius 1 is 1.03 bits per heavy atom. The normalized spacial score (nSPS) is 14.2. The minimum atomic E-state index is -0.302.